The normalized spacial score (nSPS) is 11.0. The minimum Gasteiger partial charge on any atom is -0.453 e. The van der Waals surface area contributed by atoms with E-state index in [4.69, 9.17) is 4.42 Å². The third-order valence-electron chi connectivity index (χ3n) is 3.17. The molecule has 114 valence electrons. The predicted molar refractivity (Wildman–Crippen MR) is 85.5 cm³/mol. The second-order valence-corrected chi connectivity index (χ2v) is 5.66. The van der Waals surface area contributed by atoms with Crippen LogP contribution in [0.15, 0.2) is 58.4 Å². The zero-order chi connectivity index (χ0) is 15.5. The largest absolute Gasteiger partial charge is 0.453 e. The van der Waals surface area contributed by atoms with Gasteiger partial charge in [-0.15, -0.1) is 5.10 Å². The molecule has 0 atom stereocenters. The lowest BCUT2D eigenvalue weighted by atomic mass is 10.2. The highest BCUT2D eigenvalue weighted by Crippen LogP contribution is 2.27. The molecule has 0 bridgehead atoms. The first kappa shape index (κ1) is 13.8. The molecular formula is C15H12N6OS. The number of aromatic amines is 2. The lowest BCUT2D eigenvalue weighted by Gasteiger charge is -1.95. The van der Waals surface area contributed by atoms with Gasteiger partial charge in [0.05, 0.1) is 5.75 Å². The Labute approximate surface area is 135 Å². The molecule has 0 aliphatic heterocycles. The minimum absolute atomic E-state index is 0.604. The van der Waals surface area contributed by atoms with Crippen LogP contribution in [0.1, 0.15) is 5.82 Å². The quantitative estimate of drug-likeness (QED) is 0.547. The van der Waals surface area contributed by atoms with Gasteiger partial charge in [0, 0.05) is 5.56 Å². The first-order chi connectivity index (χ1) is 11.4. The van der Waals surface area contributed by atoms with Crippen LogP contribution in [0.3, 0.4) is 0 Å². The van der Waals surface area contributed by atoms with Crippen LogP contribution in [0.2, 0.25) is 0 Å². The van der Waals surface area contributed by atoms with Crippen molar-refractivity contribution in [3.8, 4) is 22.9 Å². The molecule has 0 amide bonds. The van der Waals surface area contributed by atoms with E-state index < -0.39 is 0 Å². The van der Waals surface area contributed by atoms with Crippen LogP contribution in [-0.4, -0.2) is 30.4 Å². The van der Waals surface area contributed by atoms with Crippen molar-refractivity contribution in [1.29, 1.82) is 0 Å². The van der Waals surface area contributed by atoms with Crippen molar-refractivity contribution in [2.45, 2.75) is 10.9 Å². The van der Waals surface area contributed by atoms with Gasteiger partial charge in [0.2, 0.25) is 5.16 Å². The van der Waals surface area contributed by atoms with Gasteiger partial charge in [0.1, 0.15) is 17.9 Å². The summed E-state index contributed by atoms with van der Waals surface area (Å²) in [6, 6.07) is 13.7. The van der Waals surface area contributed by atoms with Gasteiger partial charge >= 0.3 is 0 Å². The van der Waals surface area contributed by atoms with Gasteiger partial charge in [-0.25, -0.2) is 4.98 Å². The maximum Gasteiger partial charge on any atom is 0.209 e. The summed E-state index contributed by atoms with van der Waals surface area (Å²) in [5, 5.41) is 14.3. The SMILES string of the molecule is c1ccc(-c2ccc(-c3nc(SCc4ncn[nH]4)n[nH]3)o2)cc1. The first-order valence-corrected chi connectivity index (χ1v) is 7.92. The Bertz CT molecular complexity index is 884. The van der Waals surface area contributed by atoms with Crippen molar-refractivity contribution in [2.24, 2.45) is 0 Å². The molecule has 0 radical (unpaired) electrons. The Morgan fingerprint density at radius 2 is 1.87 bits per heavy atom. The fourth-order valence-corrected chi connectivity index (χ4v) is 2.75. The highest BCUT2D eigenvalue weighted by atomic mass is 32.2. The molecule has 0 aliphatic rings. The van der Waals surface area contributed by atoms with Gasteiger partial charge in [0.25, 0.3) is 0 Å². The average molecular weight is 324 g/mol. The summed E-state index contributed by atoms with van der Waals surface area (Å²) in [4.78, 5) is 8.49. The number of furan rings is 1. The van der Waals surface area contributed by atoms with Gasteiger partial charge in [-0.05, 0) is 12.1 Å². The zero-order valence-electron chi connectivity index (χ0n) is 11.9. The van der Waals surface area contributed by atoms with E-state index in [0.717, 1.165) is 17.1 Å². The molecule has 3 heterocycles. The number of hydrogen-bond donors (Lipinski definition) is 2. The molecule has 3 aromatic heterocycles. The van der Waals surface area contributed by atoms with Crippen LogP contribution in [0.4, 0.5) is 0 Å². The van der Waals surface area contributed by atoms with Crippen LogP contribution in [0.5, 0.6) is 0 Å². The molecule has 8 heteroatoms. The van der Waals surface area contributed by atoms with E-state index in [0.29, 0.717) is 22.5 Å². The topological polar surface area (TPSA) is 96.3 Å². The summed E-state index contributed by atoms with van der Waals surface area (Å²) < 4.78 is 5.85. The van der Waals surface area contributed by atoms with Crippen molar-refractivity contribution >= 4 is 11.8 Å². The Morgan fingerprint density at radius 1 is 1.00 bits per heavy atom. The van der Waals surface area contributed by atoms with E-state index in [1.165, 1.54) is 18.1 Å². The van der Waals surface area contributed by atoms with Crippen LogP contribution >= 0.6 is 11.8 Å². The standard InChI is InChI=1S/C15H12N6OS/c1-2-4-10(5-3-1)11-6-7-12(22-11)14-18-15(21-20-14)23-8-13-16-9-17-19-13/h1-7,9H,8H2,(H,16,17,19)(H,18,20,21). The minimum atomic E-state index is 0.604. The van der Waals surface area contributed by atoms with E-state index in [1.807, 2.05) is 42.5 Å². The second kappa shape index (κ2) is 6.09. The monoisotopic (exact) mass is 324 g/mol. The molecule has 7 nitrogen and oxygen atoms in total. The molecule has 0 saturated carbocycles. The molecule has 0 fully saturated rings. The van der Waals surface area contributed by atoms with Crippen LogP contribution in [0.25, 0.3) is 22.9 Å². The highest BCUT2D eigenvalue weighted by molar-refractivity contribution is 7.98. The number of benzene rings is 1. The van der Waals surface area contributed by atoms with Crippen molar-refractivity contribution in [1.82, 2.24) is 30.4 Å². The summed E-state index contributed by atoms with van der Waals surface area (Å²) in [5.41, 5.74) is 1.03. The molecule has 1 aromatic carbocycles. The van der Waals surface area contributed by atoms with Crippen molar-refractivity contribution in [3.63, 3.8) is 0 Å². The number of thioether (sulfide) groups is 1. The molecule has 0 spiro atoms. The van der Waals surface area contributed by atoms with Crippen molar-refractivity contribution in [2.75, 3.05) is 0 Å². The molecule has 0 saturated heterocycles. The van der Waals surface area contributed by atoms with Gasteiger partial charge in [-0.3, -0.25) is 10.2 Å². The third-order valence-corrected chi connectivity index (χ3v) is 4.02. The lowest BCUT2D eigenvalue weighted by molar-refractivity contribution is 0.592. The van der Waals surface area contributed by atoms with E-state index >= 15 is 0 Å². The molecule has 2 N–H and O–H groups in total. The molecule has 23 heavy (non-hydrogen) atoms. The van der Waals surface area contributed by atoms with Crippen molar-refractivity contribution < 1.29 is 4.42 Å². The maximum atomic E-state index is 5.85. The van der Waals surface area contributed by atoms with Gasteiger partial charge in [0.15, 0.2) is 11.6 Å². The average Bonchev–Trinajstić information content (AvgIpc) is 3.34. The van der Waals surface area contributed by atoms with Crippen LogP contribution in [-0.2, 0) is 5.75 Å². The Kier molecular flexibility index (Phi) is 3.65. The van der Waals surface area contributed by atoms with Crippen LogP contribution in [0, 0.1) is 0 Å². The Balaban J connectivity index is 1.49. The van der Waals surface area contributed by atoms with E-state index in [-0.39, 0.29) is 0 Å². The first-order valence-electron chi connectivity index (χ1n) is 6.93. The Morgan fingerprint density at radius 3 is 2.70 bits per heavy atom. The number of nitrogens with one attached hydrogen (secondary N) is 2. The summed E-state index contributed by atoms with van der Waals surface area (Å²) in [6.07, 6.45) is 1.48. The zero-order valence-corrected chi connectivity index (χ0v) is 12.7. The maximum absolute atomic E-state index is 5.85. The number of H-pyrrole nitrogens is 2. The van der Waals surface area contributed by atoms with E-state index in [9.17, 15) is 0 Å². The molecule has 4 rings (SSSR count). The highest BCUT2D eigenvalue weighted by Gasteiger charge is 2.12. The second-order valence-electron chi connectivity index (χ2n) is 4.72. The number of aromatic nitrogens is 6. The molecule has 0 unspecified atom stereocenters. The fraction of sp³-hybridized carbons (Fsp3) is 0.0667. The number of nitrogens with zero attached hydrogens (tertiary/aromatic N) is 4. The summed E-state index contributed by atoms with van der Waals surface area (Å²) in [5.74, 6) is 3.47. The van der Waals surface area contributed by atoms with Gasteiger partial charge in [-0.1, -0.05) is 42.1 Å². The van der Waals surface area contributed by atoms with E-state index in [1.54, 1.807) is 0 Å². The van der Waals surface area contributed by atoms with Gasteiger partial charge < -0.3 is 4.42 Å². The molecule has 4 aromatic rings. The van der Waals surface area contributed by atoms with Gasteiger partial charge in [-0.2, -0.15) is 10.1 Å². The third kappa shape index (κ3) is 3.02. The predicted octanol–water partition coefficient (Wildman–Crippen LogP) is 3.14. The molecule has 0 aliphatic carbocycles. The van der Waals surface area contributed by atoms with Crippen LogP contribution < -0.4 is 0 Å². The summed E-state index contributed by atoms with van der Waals surface area (Å²) >= 11 is 1.47. The Hall–Kier alpha value is -2.87. The van der Waals surface area contributed by atoms with Crippen molar-refractivity contribution in [3.05, 3.63) is 54.6 Å². The smallest absolute Gasteiger partial charge is 0.209 e. The molecular weight excluding hydrogens is 312 g/mol. The number of rotatable bonds is 5. The number of hydrogen-bond acceptors (Lipinski definition) is 6. The van der Waals surface area contributed by atoms with E-state index in [2.05, 4.69) is 30.4 Å². The fourth-order valence-electron chi connectivity index (χ4n) is 2.08. The summed E-state index contributed by atoms with van der Waals surface area (Å²) in [7, 11) is 0. The lowest BCUT2D eigenvalue weighted by Crippen LogP contribution is -1.84. The summed E-state index contributed by atoms with van der Waals surface area (Å²) in [6.45, 7) is 0.